The molecule has 0 aliphatic heterocycles. The van der Waals surface area contributed by atoms with Gasteiger partial charge in [0.1, 0.15) is 5.75 Å². The third kappa shape index (κ3) is 3.01. The van der Waals surface area contributed by atoms with E-state index in [0.717, 1.165) is 0 Å². The maximum absolute atomic E-state index is 12.1. The number of benzene rings is 1. The van der Waals surface area contributed by atoms with E-state index in [-0.39, 0.29) is 12.3 Å². The zero-order chi connectivity index (χ0) is 13.2. The molecule has 0 saturated heterocycles. The van der Waals surface area contributed by atoms with Gasteiger partial charge in [0.15, 0.2) is 0 Å². The Labute approximate surface area is 101 Å². The van der Waals surface area contributed by atoms with Crippen molar-refractivity contribution in [3.05, 3.63) is 42.5 Å². The average molecular weight is 257 g/mol. The molecule has 0 atom stereocenters. The van der Waals surface area contributed by atoms with Crippen LogP contribution in [0.3, 0.4) is 0 Å². The van der Waals surface area contributed by atoms with Gasteiger partial charge in [-0.05, 0) is 12.1 Å². The molecule has 0 aliphatic rings. The number of imidazole rings is 1. The lowest BCUT2D eigenvalue weighted by molar-refractivity contribution is -0.274. The molecule has 0 amide bonds. The number of alkyl halides is 3. The van der Waals surface area contributed by atoms with Crippen molar-refractivity contribution >= 4 is 0 Å². The molecule has 4 nitrogen and oxygen atoms in total. The van der Waals surface area contributed by atoms with Crippen molar-refractivity contribution < 1.29 is 17.9 Å². The number of rotatable bonds is 3. The van der Waals surface area contributed by atoms with Gasteiger partial charge < -0.3 is 15.0 Å². The first-order valence-electron chi connectivity index (χ1n) is 5.07. The van der Waals surface area contributed by atoms with Gasteiger partial charge in [-0.2, -0.15) is 0 Å². The van der Waals surface area contributed by atoms with E-state index in [1.54, 1.807) is 16.8 Å². The Morgan fingerprint density at radius 3 is 2.72 bits per heavy atom. The van der Waals surface area contributed by atoms with Crippen molar-refractivity contribution in [2.24, 2.45) is 5.73 Å². The number of hydrogen-bond donors (Lipinski definition) is 1. The first kappa shape index (κ1) is 12.4. The highest BCUT2D eigenvalue weighted by molar-refractivity contribution is 5.39. The molecule has 0 unspecified atom stereocenters. The Morgan fingerprint density at radius 2 is 2.11 bits per heavy atom. The van der Waals surface area contributed by atoms with Gasteiger partial charge in [-0.1, -0.05) is 6.07 Å². The van der Waals surface area contributed by atoms with Crippen molar-refractivity contribution in [3.63, 3.8) is 0 Å². The summed E-state index contributed by atoms with van der Waals surface area (Å²) in [6.45, 7) is 0.270. The summed E-state index contributed by atoms with van der Waals surface area (Å²) in [7, 11) is 0. The summed E-state index contributed by atoms with van der Waals surface area (Å²) in [6.07, 6.45) is -1.57. The van der Waals surface area contributed by atoms with E-state index < -0.39 is 6.36 Å². The molecule has 1 heterocycles. The van der Waals surface area contributed by atoms with Gasteiger partial charge in [-0.25, -0.2) is 4.98 Å². The quantitative estimate of drug-likeness (QED) is 0.917. The summed E-state index contributed by atoms with van der Waals surface area (Å²) in [5, 5.41) is 0. The van der Waals surface area contributed by atoms with Crippen molar-refractivity contribution in [1.82, 2.24) is 9.55 Å². The minimum atomic E-state index is -4.70. The Hall–Kier alpha value is -2.02. The van der Waals surface area contributed by atoms with Crippen LogP contribution in [-0.2, 0) is 6.54 Å². The highest BCUT2D eigenvalue weighted by atomic mass is 19.4. The van der Waals surface area contributed by atoms with Crippen molar-refractivity contribution in [3.8, 4) is 11.4 Å². The van der Waals surface area contributed by atoms with E-state index in [9.17, 15) is 13.2 Å². The second-order valence-corrected chi connectivity index (χ2v) is 3.52. The van der Waals surface area contributed by atoms with E-state index >= 15 is 0 Å². The lowest BCUT2D eigenvalue weighted by Gasteiger charge is -2.10. The molecule has 2 rings (SSSR count). The van der Waals surface area contributed by atoms with Crippen LogP contribution in [0.15, 0.2) is 36.8 Å². The molecule has 96 valence electrons. The van der Waals surface area contributed by atoms with Gasteiger partial charge in [0.25, 0.3) is 0 Å². The maximum atomic E-state index is 12.1. The summed E-state index contributed by atoms with van der Waals surface area (Å²) in [5.41, 5.74) is 6.57. The number of nitrogens with two attached hydrogens (primary N) is 1. The zero-order valence-corrected chi connectivity index (χ0v) is 9.19. The third-order valence-electron chi connectivity index (χ3n) is 2.19. The van der Waals surface area contributed by atoms with E-state index in [1.165, 1.54) is 24.5 Å². The van der Waals surface area contributed by atoms with Gasteiger partial charge in [0.2, 0.25) is 0 Å². The van der Waals surface area contributed by atoms with Crippen LogP contribution in [0.5, 0.6) is 5.75 Å². The van der Waals surface area contributed by atoms with Gasteiger partial charge in [0.05, 0.1) is 17.7 Å². The Morgan fingerprint density at radius 1 is 1.33 bits per heavy atom. The smallest absolute Gasteiger partial charge is 0.406 e. The molecule has 0 aliphatic carbocycles. The van der Waals surface area contributed by atoms with E-state index in [0.29, 0.717) is 11.4 Å². The monoisotopic (exact) mass is 257 g/mol. The molecule has 0 bridgehead atoms. The minimum absolute atomic E-state index is 0.270. The van der Waals surface area contributed by atoms with Crippen LogP contribution in [0.4, 0.5) is 13.2 Å². The van der Waals surface area contributed by atoms with Crippen molar-refractivity contribution in [2.45, 2.75) is 12.9 Å². The number of aromatic nitrogens is 2. The Kier molecular flexibility index (Phi) is 3.24. The van der Waals surface area contributed by atoms with Crippen LogP contribution in [0, 0.1) is 0 Å². The fourth-order valence-corrected chi connectivity index (χ4v) is 1.45. The van der Waals surface area contributed by atoms with Crippen molar-refractivity contribution in [2.75, 3.05) is 0 Å². The first-order valence-corrected chi connectivity index (χ1v) is 5.07. The van der Waals surface area contributed by atoms with Gasteiger partial charge in [-0.3, -0.25) is 0 Å². The standard InChI is InChI=1S/C11H10F3N3O/c12-11(13,14)18-10-3-1-2-9(4-10)17-6-8(5-15)16-7-17/h1-4,6-7H,5,15H2. The summed E-state index contributed by atoms with van der Waals surface area (Å²) in [4.78, 5) is 3.99. The molecule has 0 fully saturated rings. The van der Waals surface area contributed by atoms with Crippen molar-refractivity contribution in [1.29, 1.82) is 0 Å². The van der Waals surface area contributed by atoms with Crippen LogP contribution >= 0.6 is 0 Å². The number of hydrogen-bond acceptors (Lipinski definition) is 3. The number of ether oxygens (including phenoxy) is 1. The topological polar surface area (TPSA) is 53.1 Å². The molecule has 0 spiro atoms. The van der Waals surface area contributed by atoms with Crippen LogP contribution in [-0.4, -0.2) is 15.9 Å². The highest BCUT2D eigenvalue weighted by Gasteiger charge is 2.31. The summed E-state index contributed by atoms with van der Waals surface area (Å²) < 4.78 is 41.6. The highest BCUT2D eigenvalue weighted by Crippen LogP contribution is 2.24. The SMILES string of the molecule is NCc1cn(-c2cccc(OC(F)(F)F)c2)cn1. The zero-order valence-electron chi connectivity index (χ0n) is 9.19. The molecule has 0 radical (unpaired) electrons. The third-order valence-corrected chi connectivity index (χ3v) is 2.19. The number of nitrogens with zero attached hydrogens (tertiary/aromatic N) is 2. The molecule has 1 aromatic carbocycles. The summed E-state index contributed by atoms with van der Waals surface area (Å²) >= 11 is 0. The average Bonchev–Trinajstić information content (AvgIpc) is 2.75. The molecular weight excluding hydrogens is 247 g/mol. The maximum Gasteiger partial charge on any atom is 0.573 e. The molecule has 18 heavy (non-hydrogen) atoms. The predicted molar refractivity (Wildman–Crippen MR) is 58.1 cm³/mol. The molecule has 2 aromatic rings. The minimum Gasteiger partial charge on any atom is -0.406 e. The fraction of sp³-hybridized carbons (Fsp3) is 0.182. The normalized spacial score (nSPS) is 11.6. The fourth-order valence-electron chi connectivity index (χ4n) is 1.45. The first-order chi connectivity index (χ1) is 8.48. The van der Waals surface area contributed by atoms with Crippen LogP contribution in [0.25, 0.3) is 5.69 Å². The van der Waals surface area contributed by atoms with Crippen LogP contribution in [0.2, 0.25) is 0 Å². The predicted octanol–water partition coefficient (Wildman–Crippen LogP) is 2.23. The summed E-state index contributed by atoms with van der Waals surface area (Å²) in [5.74, 6) is -0.275. The van der Waals surface area contributed by atoms with Gasteiger partial charge in [-0.15, -0.1) is 13.2 Å². The van der Waals surface area contributed by atoms with E-state index in [1.807, 2.05) is 0 Å². The van der Waals surface area contributed by atoms with Gasteiger partial charge in [0, 0.05) is 18.8 Å². The molecular formula is C11H10F3N3O. The van der Waals surface area contributed by atoms with Crippen LogP contribution in [0.1, 0.15) is 5.69 Å². The largest absolute Gasteiger partial charge is 0.573 e. The second-order valence-electron chi connectivity index (χ2n) is 3.52. The van der Waals surface area contributed by atoms with E-state index in [4.69, 9.17) is 5.73 Å². The van der Waals surface area contributed by atoms with Crippen LogP contribution < -0.4 is 10.5 Å². The second kappa shape index (κ2) is 4.69. The van der Waals surface area contributed by atoms with Gasteiger partial charge >= 0.3 is 6.36 Å². The lowest BCUT2D eigenvalue weighted by Crippen LogP contribution is -2.17. The summed E-state index contributed by atoms with van der Waals surface area (Å²) in [6, 6.07) is 5.62. The Bertz CT molecular complexity index is 536. The number of halogens is 3. The lowest BCUT2D eigenvalue weighted by atomic mass is 10.3. The molecule has 0 saturated carbocycles. The van der Waals surface area contributed by atoms with E-state index in [2.05, 4.69) is 9.72 Å². The molecule has 2 N–H and O–H groups in total. The Balaban J connectivity index is 2.26. The molecule has 1 aromatic heterocycles. The molecule has 7 heteroatoms.